The van der Waals surface area contributed by atoms with Crippen LogP contribution in [0, 0.1) is 0 Å². The summed E-state index contributed by atoms with van der Waals surface area (Å²) in [5.74, 6) is -0.397. The molecule has 1 aliphatic heterocycles. The first-order valence-electron chi connectivity index (χ1n) is 8.85. The van der Waals surface area contributed by atoms with E-state index in [-0.39, 0.29) is 11.8 Å². The first kappa shape index (κ1) is 17.2. The first-order chi connectivity index (χ1) is 13.2. The molecule has 6 heteroatoms. The summed E-state index contributed by atoms with van der Waals surface area (Å²) >= 11 is 0. The molecular weight excluding hydrogens is 342 g/mol. The van der Waals surface area contributed by atoms with Gasteiger partial charge in [-0.3, -0.25) is 14.6 Å². The van der Waals surface area contributed by atoms with Crippen molar-refractivity contribution in [2.45, 2.75) is 0 Å². The number of hydrogen-bond acceptors (Lipinski definition) is 4. The number of para-hydroxylation sites is 2. The molecule has 3 aromatic rings. The molecule has 0 bridgehead atoms. The number of fused-ring (bicyclic) bond motifs is 1. The second-order valence-corrected chi connectivity index (χ2v) is 6.28. The summed E-state index contributed by atoms with van der Waals surface area (Å²) in [5.41, 5.74) is 2.07. The highest BCUT2D eigenvalue weighted by Gasteiger charge is 2.22. The van der Waals surface area contributed by atoms with Crippen LogP contribution in [0.25, 0.3) is 10.9 Å². The lowest BCUT2D eigenvalue weighted by atomic mass is 10.1. The Balaban J connectivity index is 1.63. The molecule has 1 aliphatic rings. The van der Waals surface area contributed by atoms with Crippen molar-refractivity contribution in [2.75, 3.05) is 31.6 Å². The molecule has 6 nitrogen and oxygen atoms in total. The van der Waals surface area contributed by atoms with Crippen LogP contribution in [0.15, 0.2) is 60.8 Å². The van der Waals surface area contributed by atoms with E-state index in [0.29, 0.717) is 48.6 Å². The van der Waals surface area contributed by atoms with Crippen molar-refractivity contribution >= 4 is 28.4 Å². The molecule has 0 saturated carbocycles. The van der Waals surface area contributed by atoms with Crippen LogP contribution in [0.4, 0.5) is 5.69 Å². The minimum Gasteiger partial charge on any atom is -0.378 e. The summed E-state index contributed by atoms with van der Waals surface area (Å²) in [7, 11) is 0. The first-order valence-corrected chi connectivity index (χ1v) is 8.85. The van der Waals surface area contributed by atoms with Crippen LogP contribution >= 0.6 is 0 Å². The molecule has 0 radical (unpaired) electrons. The fourth-order valence-electron chi connectivity index (χ4n) is 3.19. The van der Waals surface area contributed by atoms with E-state index in [0.717, 1.165) is 5.39 Å². The molecule has 0 spiro atoms. The number of benzene rings is 2. The summed E-state index contributed by atoms with van der Waals surface area (Å²) in [6, 6.07) is 16.3. The van der Waals surface area contributed by atoms with E-state index in [4.69, 9.17) is 4.74 Å². The minimum absolute atomic E-state index is 0.106. The predicted molar refractivity (Wildman–Crippen MR) is 103 cm³/mol. The number of ether oxygens (including phenoxy) is 1. The Bertz CT molecular complexity index is 991. The smallest absolute Gasteiger partial charge is 0.257 e. The number of nitrogens with one attached hydrogen (secondary N) is 1. The Hall–Kier alpha value is -3.25. The minimum atomic E-state index is -0.290. The SMILES string of the molecule is O=C(Nc1ccccc1C(=O)N1CCOCC1)c1cccc2cccnc12. The molecule has 4 rings (SSSR count). The summed E-state index contributed by atoms with van der Waals surface area (Å²) in [6.07, 6.45) is 1.66. The second kappa shape index (κ2) is 7.55. The highest BCUT2D eigenvalue weighted by Crippen LogP contribution is 2.21. The van der Waals surface area contributed by atoms with Crippen LogP contribution in [0.5, 0.6) is 0 Å². The third-order valence-electron chi connectivity index (χ3n) is 4.58. The maximum atomic E-state index is 12.9. The van der Waals surface area contributed by atoms with Gasteiger partial charge in [0, 0.05) is 24.7 Å². The molecule has 0 atom stereocenters. The van der Waals surface area contributed by atoms with Gasteiger partial charge in [0.25, 0.3) is 11.8 Å². The lowest BCUT2D eigenvalue weighted by Crippen LogP contribution is -2.41. The maximum Gasteiger partial charge on any atom is 0.257 e. The molecule has 2 amide bonds. The highest BCUT2D eigenvalue weighted by molar-refractivity contribution is 6.14. The van der Waals surface area contributed by atoms with Crippen LogP contribution < -0.4 is 5.32 Å². The number of pyridine rings is 1. The van der Waals surface area contributed by atoms with Gasteiger partial charge >= 0.3 is 0 Å². The topological polar surface area (TPSA) is 71.5 Å². The van der Waals surface area contributed by atoms with Crippen molar-refractivity contribution in [3.8, 4) is 0 Å². The van der Waals surface area contributed by atoms with Gasteiger partial charge in [-0.1, -0.05) is 30.3 Å². The fourth-order valence-corrected chi connectivity index (χ4v) is 3.19. The van der Waals surface area contributed by atoms with Gasteiger partial charge < -0.3 is 15.0 Å². The number of aromatic nitrogens is 1. The molecule has 1 aromatic heterocycles. The largest absolute Gasteiger partial charge is 0.378 e. The van der Waals surface area contributed by atoms with Gasteiger partial charge in [0.1, 0.15) is 0 Å². The van der Waals surface area contributed by atoms with Gasteiger partial charge in [-0.25, -0.2) is 0 Å². The van der Waals surface area contributed by atoms with Crippen molar-refractivity contribution in [1.29, 1.82) is 0 Å². The van der Waals surface area contributed by atoms with Gasteiger partial charge in [-0.05, 0) is 24.3 Å². The van der Waals surface area contributed by atoms with Crippen LogP contribution in [-0.2, 0) is 4.74 Å². The molecule has 0 aliphatic carbocycles. The molecule has 27 heavy (non-hydrogen) atoms. The Morgan fingerprint density at radius 1 is 0.926 bits per heavy atom. The Kier molecular flexibility index (Phi) is 4.80. The number of rotatable bonds is 3. The molecule has 2 aromatic carbocycles. The molecule has 2 heterocycles. The van der Waals surface area contributed by atoms with E-state index in [1.165, 1.54) is 0 Å². The Morgan fingerprint density at radius 2 is 1.67 bits per heavy atom. The van der Waals surface area contributed by atoms with Crippen LogP contribution in [0.1, 0.15) is 20.7 Å². The Labute approximate surface area is 156 Å². The quantitative estimate of drug-likeness (QED) is 0.779. The number of hydrogen-bond donors (Lipinski definition) is 1. The summed E-state index contributed by atoms with van der Waals surface area (Å²) < 4.78 is 5.31. The lowest BCUT2D eigenvalue weighted by molar-refractivity contribution is 0.0303. The van der Waals surface area contributed by atoms with Crippen molar-refractivity contribution in [3.05, 3.63) is 71.9 Å². The van der Waals surface area contributed by atoms with E-state index < -0.39 is 0 Å². The zero-order valence-corrected chi connectivity index (χ0v) is 14.7. The maximum absolute atomic E-state index is 12.9. The van der Waals surface area contributed by atoms with Gasteiger partial charge in [0.05, 0.1) is 35.5 Å². The molecule has 1 fully saturated rings. The lowest BCUT2D eigenvalue weighted by Gasteiger charge is -2.27. The molecular formula is C21H19N3O3. The normalized spacial score (nSPS) is 14.1. The van der Waals surface area contributed by atoms with Gasteiger partial charge in [0.2, 0.25) is 0 Å². The average Bonchev–Trinajstić information content (AvgIpc) is 2.74. The summed E-state index contributed by atoms with van der Waals surface area (Å²) in [5, 5.41) is 3.77. The summed E-state index contributed by atoms with van der Waals surface area (Å²) in [4.78, 5) is 31.8. The van der Waals surface area contributed by atoms with E-state index in [1.54, 1.807) is 41.4 Å². The zero-order valence-electron chi connectivity index (χ0n) is 14.7. The fraction of sp³-hybridized carbons (Fsp3) is 0.190. The van der Waals surface area contributed by atoms with Crippen molar-refractivity contribution < 1.29 is 14.3 Å². The van der Waals surface area contributed by atoms with Gasteiger partial charge in [0.15, 0.2) is 0 Å². The van der Waals surface area contributed by atoms with Crippen LogP contribution in [-0.4, -0.2) is 48.0 Å². The van der Waals surface area contributed by atoms with Crippen LogP contribution in [0.3, 0.4) is 0 Å². The number of carbonyl (C=O) groups excluding carboxylic acids is 2. The van der Waals surface area contributed by atoms with Gasteiger partial charge in [-0.2, -0.15) is 0 Å². The number of anilines is 1. The molecule has 0 unspecified atom stereocenters. The third-order valence-corrected chi connectivity index (χ3v) is 4.58. The molecule has 1 N–H and O–H groups in total. The number of carbonyl (C=O) groups is 2. The van der Waals surface area contributed by atoms with E-state index >= 15 is 0 Å². The summed E-state index contributed by atoms with van der Waals surface area (Å²) in [6.45, 7) is 2.16. The average molecular weight is 361 g/mol. The zero-order chi connectivity index (χ0) is 18.6. The third kappa shape index (κ3) is 3.52. The van der Waals surface area contributed by atoms with Crippen LogP contribution in [0.2, 0.25) is 0 Å². The molecule has 136 valence electrons. The van der Waals surface area contributed by atoms with Gasteiger partial charge in [-0.15, -0.1) is 0 Å². The molecule has 1 saturated heterocycles. The number of nitrogens with zero attached hydrogens (tertiary/aromatic N) is 2. The van der Waals surface area contributed by atoms with E-state index in [9.17, 15) is 9.59 Å². The van der Waals surface area contributed by atoms with Crippen molar-refractivity contribution in [2.24, 2.45) is 0 Å². The number of morpholine rings is 1. The standard InChI is InChI=1S/C21H19N3O3/c25-20(17-8-3-5-15-6-4-10-22-19(15)17)23-18-9-2-1-7-16(18)21(26)24-11-13-27-14-12-24/h1-10H,11-14H2,(H,23,25). The monoisotopic (exact) mass is 361 g/mol. The van der Waals surface area contributed by atoms with Crippen molar-refractivity contribution in [1.82, 2.24) is 9.88 Å². The Morgan fingerprint density at radius 3 is 2.52 bits per heavy atom. The predicted octanol–water partition coefficient (Wildman–Crippen LogP) is 2.96. The highest BCUT2D eigenvalue weighted by atomic mass is 16.5. The second-order valence-electron chi connectivity index (χ2n) is 6.28. The van der Waals surface area contributed by atoms with E-state index in [2.05, 4.69) is 10.3 Å². The van der Waals surface area contributed by atoms with E-state index in [1.807, 2.05) is 24.3 Å². The van der Waals surface area contributed by atoms with Crippen molar-refractivity contribution in [3.63, 3.8) is 0 Å². The number of amides is 2.